The van der Waals surface area contributed by atoms with Crippen LogP contribution in [0.3, 0.4) is 0 Å². The van der Waals surface area contributed by atoms with Crippen molar-refractivity contribution in [3.63, 3.8) is 0 Å². The number of anilines is 1. The number of aromatic hydroxyl groups is 1. The van der Waals surface area contributed by atoms with Crippen LogP contribution in [0.25, 0.3) is 0 Å². The molecule has 0 saturated carbocycles. The Balaban J connectivity index is 2.26. The first-order valence-corrected chi connectivity index (χ1v) is 5.09. The van der Waals surface area contributed by atoms with Gasteiger partial charge in [0, 0.05) is 18.0 Å². The number of nitrogens with one attached hydrogen (secondary N) is 1. The number of carbonyl (C=O) groups excluding carboxylic acids is 1. The van der Waals surface area contributed by atoms with Crippen molar-refractivity contribution < 1.29 is 23.1 Å². The fraction of sp³-hybridized carbons (Fsp3) is 0. The molecule has 1 heterocycles. The zero-order valence-electron chi connectivity index (χ0n) is 9.32. The van der Waals surface area contributed by atoms with Gasteiger partial charge in [-0.15, -0.1) is 0 Å². The molecule has 0 aliphatic carbocycles. The average Bonchev–Trinajstić information content (AvgIpc) is 2.37. The first kappa shape index (κ1) is 12.9. The van der Waals surface area contributed by atoms with Gasteiger partial charge >= 0.3 is 0 Å². The molecule has 7 heteroatoms. The lowest BCUT2D eigenvalue weighted by Gasteiger charge is -2.06. The molecule has 0 saturated heterocycles. The minimum atomic E-state index is -1.40. The van der Waals surface area contributed by atoms with E-state index in [-0.39, 0.29) is 5.69 Å². The molecule has 0 bridgehead atoms. The van der Waals surface area contributed by atoms with E-state index < -0.39 is 34.8 Å². The normalized spacial score (nSPS) is 10.3. The van der Waals surface area contributed by atoms with Crippen molar-refractivity contribution in [2.75, 3.05) is 5.32 Å². The molecule has 0 fully saturated rings. The van der Waals surface area contributed by atoms with Crippen molar-refractivity contribution >= 4 is 11.6 Å². The topological polar surface area (TPSA) is 62.2 Å². The van der Waals surface area contributed by atoms with Gasteiger partial charge < -0.3 is 10.4 Å². The minimum absolute atomic E-state index is 0.00285. The van der Waals surface area contributed by atoms with Gasteiger partial charge in [-0.05, 0) is 18.2 Å². The van der Waals surface area contributed by atoms with Crippen molar-refractivity contribution in [3.8, 4) is 5.75 Å². The largest absolute Gasteiger partial charge is 0.505 e. The highest BCUT2D eigenvalue weighted by Gasteiger charge is 2.16. The van der Waals surface area contributed by atoms with Crippen LogP contribution >= 0.6 is 0 Å². The quantitative estimate of drug-likeness (QED) is 0.649. The van der Waals surface area contributed by atoms with E-state index in [1.165, 1.54) is 6.07 Å². The van der Waals surface area contributed by atoms with Gasteiger partial charge in [-0.3, -0.25) is 4.79 Å². The average molecular weight is 268 g/mol. The minimum Gasteiger partial charge on any atom is -0.505 e. The summed E-state index contributed by atoms with van der Waals surface area (Å²) < 4.78 is 39.2. The van der Waals surface area contributed by atoms with Crippen molar-refractivity contribution in [2.45, 2.75) is 0 Å². The molecule has 98 valence electrons. The maximum absolute atomic E-state index is 13.3. The fourth-order valence-corrected chi connectivity index (χ4v) is 1.38. The molecule has 1 aromatic carbocycles. The maximum Gasteiger partial charge on any atom is 0.258 e. The summed E-state index contributed by atoms with van der Waals surface area (Å²) in [6.45, 7) is 0. The number of rotatable bonds is 2. The molecule has 0 unspecified atom stereocenters. The lowest BCUT2D eigenvalue weighted by molar-refractivity contribution is 0.102. The number of pyridine rings is 1. The summed E-state index contributed by atoms with van der Waals surface area (Å²) in [4.78, 5) is 14.7. The van der Waals surface area contributed by atoms with Crippen LogP contribution in [-0.2, 0) is 0 Å². The van der Waals surface area contributed by atoms with Crippen LogP contribution in [0.2, 0.25) is 0 Å². The van der Waals surface area contributed by atoms with E-state index in [1.54, 1.807) is 0 Å². The third-order valence-corrected chi connectivity index (χ3v) is 2.30. The second-order valence-electron chi connectivity index (χ2n) is 3.58. The van der Waals surface area contributed by atoms with Gasteiger partial charge in [-0.25, -0.2) is 13.8 Å². The zero-order chi connectivity index (χ0) is 14.0. The summed E-state index contributed by atoms with van der Waals surface area (Å²) >= 11 is 0. The number of phenolic OH excluding ortho intramolecular Hbond substituents is 1. The highest BCUT2D eigenvalue weighted by atomic mass is 19.2. The molecule has 0 aliphatic rings. The predicted molar refractivity (Wildman–Crippen MR) is 60.2 cm³/mol. The van der Waals surface area contributed by atoms with E-state index in [4.69, 9.17) is 5.11 Å². The number of amides is 1. The molecule has 2 aromatic rings. The SMILES string of the molecule is O=C(Nc1ccc(O)c(F)c1)c1ccnc(F)c1F. The number of halogens is 3. The first-order chi connectivity index (χ1) is 8.99. The van der Waals surface area contributed by atoms with Gasteiger partial charge in [0.15, 0.2) is 17.4 Å². The Morgan fingerprint density at radius 1 is 1.21 bits per heavy atom. The van der Waals surface area contributed by atoms with Crippen LogP contribution in [0.1, 0.15) is 10.4 Å². The number of hydrogen-bond donors (Lipinski definition) is 2. The van der Waals surface area contributed by atoms with Crippen molar-refractivity contribution in [3.05, 3.63) is 53.6 Å². The first-order valence-electron chi connectivity index (χ1n) is 5.09. The van der Waals surface area contributed by atoms with Crippen LogP contribution < -0.4 is 5.32 Å². The van der Waals surface area contributed by atoms with E-state index in [2.05, 4.69) is 10.3 Å². The Labute approximate surface area is 105 Å². The summed E-state index contributed by atoms with van der Waals surface area (Å²) in [5.41, 5.74) is -0.557. The second-order valence-corrected chi connectivity index (χ2v) is 3.58. The van der Waals surface area contributed by atoms with Crippen LogP contribution in [-0.4, -0.2) is 16.0 Å². The molecule has 2 rings (SSSR count). The number of carbonyl (C=O) groups is 1. The molecular weight excluding hydrogens is 261 g/mol. The van der Waals surface area contributed by atoms with E-state index >= 15 is 0 Å². The molecule has 0 spiro atoms. The molecule has 1 aromatic heterocycles. The summed E-state index contributed by atoms with van der Waals surface area (Å²) in [5, 5.41) is 11.1. The van der Waals surface area contributed by atoms with E-state index in [0.717, 1.165) is 24.4 Å². The van der Waals surface area contributed by atoms with E-state index in [1.807, 2.05) is 0 Å². The molecule has 4 nitrogen and oxygen atoms in total. The van der Waals surface area contributed by atoms with Crippen LogP contribution in [0.4, 0.5) is 18.9 Å². The molecule has 0 aliphatic heterocycles. The molecule has 1 amide bonds. The highest BCUT2D eigenvalue weighted by molar-refractivity contribution is 6.04. The zero-order valence-corrected chi connectivity index (χ0v) is 9.32. The lowest BCUT2D eigenvalue weighted by atomic mass is 10.2. The number of aromatic nitrogens is 1. The third-order valence-electron chi connectivity index (χ3n) is 2.30. The van der Waals surface area contributed by atoms with Crippen molar-refractivity contribution in [1.82, 2.24) is 4.98 Å². The molecule has 2 N–H and O–H groups in total. The summed E-state index contributed by atoms with van der Waals surface area (Å²) in [6, 6.07) is 4.08. The molecule has 0 radical (unpaired) electrons. The van der Waals surface area contributed by atoms with Crippen LogP contribution in [0.15, 0.2) is 30.5 Å². The monoisotopic (exact) mass is 268 g/mol. The number of phenols is 1. The summed E-state index contributed by atoms with van der Waals surface area (Å²) in [6.07, 6.45) is 0.935. The smallest absolute Gasteiger partial charge is 0.258 e. The highest BCUT2D eigenvalue weighted by Crippen LogP contribution is 2.20. The van der Waals surface area contributed by atoms with Gasteiger partial charge in [0.25, 0.3) is 5.91 Å². The Morgan fingerprint density at radius 3 is 2.63 bits per heavy atom. The Morgan fingerprint density at radius 2 is 1.95 bits per heavy atom. The summed E-state index contributed by atoms with van der Waals surface area (Å²) in [5.74, 6) is -5.27. The van der Waals surface area contributed by atoms with Crippen LogP contribution in [0.5, 0.6) is 5.75 Å². The van der Waals surface area contributed by atoms with Crippen LogP contribution in [0, 0.1) is 17.6 Å². The van der Waals surface area contributed by atoms with Gasteiger partial charge in [0.05, 0.1) is 5.56 Å². The predicted octanol–water partition coefficient (Wildman–Crippen LogP) is 2.46. The van der Waals surface area contributed by atoms with E-state index in [0.29, 0.717) is 0 Å². The maximum atomic E-state index is 13.3. The lowest BCUT2D eigenvalue weighted by Crippen LogP contribution is -2.15. The number of benzene rings is 1. The third kappa shape index (κ3) is 2.65. The molecule has 0 atom stereocenters. The summed E-state index contributed by atoms with van der Waals surface area (Å²) in [7, 11) is 0. The molecule has 19 heavy (non-hydrogen) atoms. The van der Waals surface area contributed by atoms with Gasteiger partial charge in [-0.1, -0.05) is 0 Å². The van der Waals surface area contributed by atoms with E-state index in [9.17, 15) is 18.0 Å². The fourth-order valence-electron chi connectivity index (χ4n) is 1.38. The Kier molecular flexibility index (Phi) is 3.37. The van der Waals surface area contributed by atoms with Crippen molar-refractivity contribution in [1.29, 1.82) is 0 Å². The molecular formula is C12H7F3N2O2. The van der Waals surface area contributed by atoms with Gasteiger partial charge in [0.2, 0.25) is 5.95 Å². The Hall–Kier alpha value is -2.57. The van der Waals surface area contributed by atoms with Gasteiger partial charge in [0.1, 0.15) is 0 Å². The number of nitrogens with zero attached hydrogens (tertiary/aromatic N) is 1. The Bertz CT molecular complexity index is 647. The standard InChI is InChI=1S/C12H7F3N2O2/c13-8-5-6(1-2-9(8)18)17-12(19)7-3-4-16-11(15)10(7)14/h1-5,18H,(H,17,19). The van der Waals surface area contributed by atoms with Crippen molar-refractivity contribution in [2.24, 2.45) is 0 Å². The van der Waals surface area contributed by atoms with Gasteiger partial charge in [-0.2, -0.15) is 4.39 Å². The number of hydrogen-bond acceptors (Lipinski definition) is 3. The second kappa shape index (κ2) is 4.97.